The summed E-state index contributed by atoms with van der Waals surface area (Å²) >= 11 is 0. The van der Waals surface area contributed by atoms with Gasteiger partial charge in [0.1, 0.15) is 35.3 Å². The number of hydrogen-bond acceptors (Lipinski definition) is 9. The number of aryl methyl sites for hydroxylation is 2. The Bertz CT molecular complexity index is 1510. The van der Waals surface area contributed by atoms with Crippen molar-refractivity contribution in [3.05, 3.63) is 60.3 Å². The second kappa shape index (κ2) is 9.05. The number of alkyl halides is 2. The molecular formula is C25H24F2N8O2. The fraction of sp³-hybridized carbons (Fsp3) is 0.280. The molecule has 10 nitrogen and oxygen atoms in total. The van der Waals surface area contributed by atoms with Gasteiger partial charge in [-0.1, -0.05) is 0 Å². The van der Waals surface area contributed by atoms with Crippen molar-refractivity contribution < 1.29 is 18.3 Å². The van der Waals surface area contributed by atoms with Gasteiger partial charge in [-0.15, -0.1) is 0 Å². The second-order valence-corrected chi connectivity index (χ2v) is 8.99. The fourth-order valence-corrected chi connectivity index (χ4v) is 4.32. The largest absolute Gasteiger partial charge is 0.457 e. The third-order valence-electron chi connectivity index (χ3n) is 6.29. The molecule has 2 aromatic carbocycles. The molecule has 2 unspecified atom stereocenters. The number of aliphatic imine (C=N–C) groups is 1. The average molecular weight is 507 g/mol. The smallest absolute Gasteiger partial charge is 0.287 e. The van der Waals surface area contributed by atoms with E-state index in [-0.39, 0.29) is 6.54 Å². The van der Waals surface area contributed by atoms with E-state index in [2.05, 4.69) is 35.9 Å². The van der Waals surface area contributed by atoms with Crippen LogP contribution >= 0.6 is 0 Å². The summed E-state index contributed by atoms with van der Waals surface area (Å²) in [6, 6.07) is 11.4. The van der Waals surface area contributed by atoms with E-state index in [1.807, 2.05) is 54.9 Å². The molecule has 4 aromatic rings. The number of nitrogens with zero attached hydrogens (tertiary/aromatic N) is 5. The SMILES string of the molecule is Cc1cc(Nc2ncnc3c2NC(OC2CNCC2(F)F)N=C3)ccc1Oc1ccc2c(c1)ncn2C. The number of fused-ring (bicyclic) bond motifs is 2. The standard InChI is InChI=1S/C25H24F2N8O2/c1-14-7-15(3-6-20(14)36-16-4-5-19-17(8-16)32-13-35(19)2)33-23-22-18(30-12-31-23)9-29-24(34-22)37-21-10-28-11-25(21,26)27/h3-9,12-13,21,24,28,34H,10-11H2,1-2H3,(H,30,31,33). The normalized spacial score (nSPS) is 20.0. The van der Waals surface area contributed by atoms with Crippen molar-refractivity contribution in [3.8, 4) is 11.5 Å². The van der Waals surface area contributed by atoms with E-state index in [9.17, 15) is 8.78 Å². The van der Waals surface area contributed by atoms with Crippen molar-refractivity contribution >= 4 is 34.4 Å². The molecule has 2 aromatic heterocycles. The molecule has 0 aliphatic carbocycles. The lowest BCUT2D eigenvalue weighted by atomic mass is 10.2. The number of halogens is 2. The Morgan fingerprint density at radius 2 is 2.03 bits per heavy atom. The van der Waals surface area contributed by atoms with Gasteiger partial charge in [0, 0.05) is 25.3 Å². The highest BCUT2D eigenvalue weighted by Gasteiger charge is 2.46. The monoisotopic (exact) mass is 506 g/mol. The van der Waals surface area contributed by atoms with Gasteiger partial charge in [-0.05, 0) is 42.8 Å². The van der Waals surface area contributed by atoms with Crippen LogP contribution in [0.5, 0.6) is 11.5 Å². The lowest BCUT2D eigenvalue weighted by Gasteiger charge is -2.27. The summed E-state index contributed by atoms with van der Waals surface area (Å²) in [4.78, 5) is 17.1. The van der Waals surface area contributed by atoms with Crippen molar-refractivity contribution in [1.82, 2.24) is 24.8 Å². The van der Waals surface area contributed by atoms with Crippen LogP contribution in [0.3, 0.4) is 0 Å². The van der Waals surface area contributed by atoms with Crippen molar-refractivity contribution in [2.45, 2.75) is 25.3 Å². The van der Waals surface area contributed by atoms with Gasteiger partial charge in [0.15, 0.2) is 5.82 Å². The molecule has 6 rings (SSSR count). The van der Waals surface area contributed by atoms with Crippen molar-refractivity contribution in [3.63, 3.8) is 0 Å². The summed E-state index contributed by atoms with van der Waals surface area (Å²) < 4.78 is 41.5. The Hall–Kier alpha value is -4.16. The van der Waals surface area contributed by atoms with Crippen LogP contribution in [0, 0.1) is 6.92 Å². The van der Waals surface area contributed by atoms with E-state index in [1.165, 1.54) is 12.5 Å². The zero-order valence-corrected chi connectivity index (χ0v) is 20.1. The molecule has 0 amide bonds. The lowest BCUT2D eigenvalue weighted by Crippen LogP contribution is -2.40. The van der Waals surface area contributed by atoms with E-state index in [0.29, 0.717) is 28.7 Å². The first-order chi connectivity index (χ1) is 17.9. The summed E-state index contributed by atoms with van der Waals surface area (Å²) in [5, 5.41) is 8.93. The van der Waals surface area contributed by atoms with Crippen LogP contribution in [-0.2, 0) is 11.8 Å². The maximum absolute atomic E-state index is 14.0. The lowest BCUT2D eigenvalue weighted by molar-refractivity contribution is -0.122. The summed E-state index contributed by atoms with van der Waals surface area (Å²) in [6.07, 6.45) is 2.40. The molecule has 0 radical (unpaired) electrons. The molecule has 0 bridgehead atoms. The average Bonchev–Trinajstić information content (AvgIpc) is 3.41. The predicted molar refractivity (Wildman–Crippen MR) is 135 cm³/mol. The van der Waals surface area contributed by atoms with Crippen LogP contribution < -0.4 is 20.7 Å². The molecule has 12 heteroatoms. The zero-order chi connectivity index (χ0) is 25.6. The third-order valence-corrected chi connectivity index (χ3v) is 6.29. The van der Waals surface area contributed by atoms with Crippen LogP contribution in [0.1, 0.15) is 11.3 Å². The number of imidazole rings is 1. The van der Waals surface area contributed by atoms with Gasteiger partial charge in [-0.2, -0.15) is 0 Å². The van der Waals surface area contributed by atoms with Gasteiger partial charge in [-0.25, -0.2) is 28.7 Å². The van der Waals surface area contributed by atoms with Crippen molar-refractivity contribution in [2.24, 2.45) is 12.0 Å². The highest BCUT2D eigenvalue weighted by atomic mass is 19.3. The Labute approximate surface area is 210 Å². The number of hydrogen-bond donors (Lipinski definition) is 3. The summed E-state index contributed by atoms with van der Waals surface area (Å²) in [7, 11) is 1.95. The predicted octanol–water partition coefficient (Wildman–Crippen LogP) is 3.96. The Kier molecular flexibility index (Phi) is 5.69. The summed E-state index contributed by atoms with van der Waals surface area (Å²) in [5.74, 6) is -1.10. The Balaban J connectivity index is 1.18. The van der Waals surface area contributed by atoms with Gasteiger partial charge in [0.05, 0.1) is 30.1 Å². The quantitative estimate of drug-likeness (QED) is 0.361. The topological polar surface area (TPSA) is 111 Å². The van der Waals surface area contributed by atoms with E-state index in [1.54, 1.807) is 6.33 Å². The number of ether oxygens (including phenoxy) is 2. The van der Waals surface area contributed by atoms with Gasteiger partial charge in [0.25, 0.3) is 5.92 Å². The number of rotatable bonds is 6. The first kappa shape index (κ1) is 23.3. The number of aromatic nitrogens is 4. The van der Waals surface area contributed by atoms with Crippen LogP contribution in [-0.4, -0.2) is 57.2 Å². The minimum absolute atomic E-state index is 0.0490. The maximum Gasteiger partial charge on any atom is 0.287 e. The molecule has 37 heavy (non-hydrogen) atoms. The molecule has 2 aliphatic heterocycles. The molecule has 4 heterocycles. The van der Waals surface area contributed by atoms with Crippen LogP contribution in [0.25, 0.3) is 11.0 Å². The van der Waals surface area contributed by atoms with E-state index in [0.717, 1.165) is 22.3 Å². The second-order valence-electron chi connectivity index (χ2n) is 8.99. The molecule has 190 valence electrons. The summed E-state index contributed by atoms with van der Waals surface area (Å²) in [5.41, 5.74) is 4.58. The third kappa shape index (κ3) is 4.56. The molecule has 0 spiro atoms. The van der Waals surface area contributed by atoms with E-state index < -0.39 is 24.9 Å². The van der Waals surface area contributed by atoms with Gasteiger partial charge < -0.3 is 30.0 Å². The minimum atomic E-state index is -2.96. The number of nitrogens with one attached hydrogen (secondary N) is 3. The van der Waals surface area contributed by atoms with E-state index in [4.69, 9.17) is 9.47 Å². The molecule has 1 fully saturated rings. The van der Waals surface area contributed by atoms with E-state index >= 15 is 0 Å². The van der Waals surface area contributed by atoms with Gasteiger partial charge >= 0.3 is 0 Å². The van der Waals surface area contributed by atoms with Crippen LogP contribution in [0.4, 0.5) is 26.0 Å². The van der Waals surface area contributed by atoms with Crippen LogP contribution in [0.2, 0.25) is 0 Å². The Morgan fingerprint density at radius 3 is 2.84 bits per heavy atom. The van der Waals surface area contributed by atoms with Crippen molar-refractivity contribution in [1.29, 1.82) is 0 Å². The first-order valence-corrected chi connectivity index (χ1v) is 11.7. The van der Waals surface area contributed by atoms with Crippen molar-refractivity contribution in [2.75, 3.05) is 23.7 Å². The molecule has 3 N–H and O–H groups in total. The van der Waals surface area contributed by atoms with Crippen LogP contribution in [0.15, 0.2) is 54.0 Å². The fourth-order valence-electron chi connectivity index (χ4n) is 4.32. The molecule has 0 saturated carbocycles. The molecule has 1 saturated heterocycles. The molecular weight excluding hydrogens is 482 g/mol. The van der Waals surface area contributed by atoms with Gasteiger partial charge in [0.2, 0.25) is 6.35 Å². The summed E-state index contributed by atoms with van der Waals surface area (Å²) in [6.45, 7) is 1.57. The first-order valence-electron chi connectivity index (χ1n) is 11.7. The minimum Gasteiger partial charge on any atom is -0.457 e. The molecule has 2 atom stereocenters. The zero-order valence-electron chi connectivity index (χ0n) is 20.1. The van der Waals surface area contributed by atoms with Gasteiger partial charge in [-0.3, -0.25) is 0 Å². The Morgan fingerprint density at radius 1 is 1.14 bits per heavy atom. The highest BCUT2D eigenvalue weighted by molar-refractivity contribution is 5.92. The maximum atomic E-state index is 14.0. The highest BCUT2D eigenvalue weighted by Crippen LogP contribution is 2.33. The number of benzene rings is 2. The molecule has 2 aliphatic rings. The number of anilines is 3.